The molecule has 2 rings (SSSR count). The van der Waals surface area contributed by atoms with Gasteiger partial charge in [-0.1, -0.05) is 13.8 Å². The Morgan fingerprint density at radius 2 is 2.32 bits per heavy atom. The Morgan fingerprint density at radius 1 is 1.53 bits per heavy atom. The van der Waals surface area contributed by atoms with E-state index in [-0.39, 0.29) is 24.0 Å². The zero-order valence-corrected chi connectivity index (χ0v) is 11.4. The molecule has 1 aromatic heterocycles. The molecule has 19 heavy (non-hydrogen) atoms. The summed E-state index contributed by atoms with van der Waals surface area (Å²) < 4.78 is 10.5. The van der Waals surface area contributed by atoms with E-state index in [0.717, 1.165) is 5.82 Å². The van der Waals surface area contributed by atoms with Crippen LogP contribution in [0.3, 0.4) is 0 Å². The second-order valence-electron chi connectivity index (χ2n) is 4.87. The van der Waals surface area contributed by atoms with Crippen LogP contribution in [0.25, 0.3) is 0 Å². The highest BCUT2D eigenvalue weighted by atomic mass is 16.5. The fourth-order valence-electron chi connectivity index (χ4n) is 1.99. The predicted molar refractivity (Wildman–Crippen MR) is 69.0 cm³/mol. The lowest BCUT2D eigenvalue weighted by molar-refractivity contribution is -0.142. The molecule has 0 saturated carbocycles. The minimum atomic E-state index is -0.290. The van der Waals surface area contributed by atoms with Gasteiger partial charge in [0.1, 0.15) is 18.0 Å². The second kappa shape index (κ2) is 5.97. The van der Waals surface area contributed by atoms with Crippen LogP contribution in [0.2, 0.25) is 0 Å². The molecule has 0 spiro atoms. The molecular formula is C13H19N3O3. The molecule has 1 aromatic rings. The third kappa shape index (κ3) is 3.41. The lowest BCUT2D eigenvalue weighted by Crippen LogP contribution is -2.31. The van der Waals surface area contributed by atoms with Crippen LogP contribution in [0.4, 0.5) is 0 Å². The lowest BCUT2D eigenvalue weighted by Gasteiger charge is -2.13. The van der Waals surface area contributed by atoms with Crippen LogP contribution in [-0.2, 0) is 9.53 Å². The van der Waals surface area contributed by atoms with Crippen LogP contribution in [0.15, 0.2) is 12.3 Å². The van der Waals surface area contributed by atoms with Gasteiger partial charge in [0.2, 0.25) is 5.88 Å². The number of esters is 1. The van der Waals surface area contributed by atoms with Crippen molar-refractivity contribution in [3.63, 3.8) is 0 Å². The van der Waals surface area contributed by atoms with Crippen LogP contribution in [0.1, 0.15) is 32.0 Å². The largest absolute Gasteiger partial charge is 0.473 e. The SMILES string of the molecule is COC(=O)C1CC(Oc2ccnc(C(C)C)n2)CN1. The minimum absolute atomic E-state index is 0.0704. The Morgan fingerprint density at radius 3 is 3.00 bits per heavy atom. The molecule has 0 amide bonds. The summed E-state index contributed by atoms with van der Waals surface area (Å²) in [4.78, 5) is 19.9. The van der Waals surface area contributed by atoms with Crippen molar-refractivity contribution in [3.05, 3.63) is 18.1 Å². The fourth-order valence-corrected chi connectivity index (χ4v) is 1.99. The first-order chi connectivity index (χ1) is 9.10. The molecule has 1 N–H and O–H groups in total. The molecule has 6 nitrogen and oxygen atoms in total. The topological polar surface area (TPSA) is 73.3 Å². The Labute approximate surface area is 112 Å². The van der Waals surface area contributed by atoms with Gasteiger partial charge in [0.25, 0.3) is 0 Å². The quantitative estimate of drug-likeness (QED) is 0.815. The molecule has 1 aliphatic rings. The molecule has 2 heterocycles. The number of rotatable bonds is 4. The van der Waals surface area contributed by atoms with E-state index in [1.54, 1.807) is 12.3 Å². The van der Waals surface area contributed by atoms with Gasteiger partial charge < -0.3 is 14.8 Å². The number of aromatic nitrogens is 2. The van der Waals surface area contributed by atoms with Gasteiger partial charge in [-0.3, -0.25) is 4.79 Å². The van der Waals surface area contributed by atoms with E-state index >= 15 is 0 Å². The first kappa shape index (κ1) is 13.7. The average Bonchev–Trinajstić information content (AvgIpc) is 2.86. The highest BCUT2D eigenvalue weighted by Gasteiger charge is 2.31. The maximum atomic E-state index is 11.4. The normalized spacial score (nSPS) is 22.5. The van der Waals surface area contributed by atoms with Crippen molar-refractivity contribution in [2.75, 3.05) is 13.7 Å². The molecule has 0 radical (unpaired) electrons. The number of ether oxygens (including phenoxy) is 2. The van der Waals surface area contributed by atoms with Crippen LogP contribution >= 0.6 is 0 Å². The number of nitrogens with one attached hydrogen (secondary N) is 1. The van der Waals surface area contributed by atoms with Crippen molar-refractivity contribution in [1.29, 1.82) is 0 Å². The highest BCUT2D eigenvalue weighted by molar-refractivity contribution is 5.76. The number of carbonyl (C=O) groups is 1. The summed E-state index contributed by atoms with van der Waals surface area (Å²) in [5.74, 6) is 1.31. The average molecular weight is 265 g/mol. The molecule has 6 heteroatoms. The third-order valence-corrected chi connectivity index (χ3v) is 3.03. The summed E-state index contributed by atoms with van der Waals surface area (Å²) >= 11 is 0. The smallest absolute Gasteiger partial charge is 0.323 e. The molecule has 104 valence electrons. The second-order valence-corrected chi connectivity index (χ2v) is 4.87. The van der Waals surface area contributed by atoms with Crippen LogP contribution < -0.4 is 10.1 Å². The monoisotopic (exact) mass is 265 g/mol. The van der Waals surface area contributed by atoms with Crippen LogP contribution in [-0.4, -0.2) is 41.7 Å². The summed E-state index contributed by atoms with van der Waals surface area (Å²) in [6, 6.07) is 1.44. The zero-order chi connectivity index (χ0) is 13.8. The van der Waals surface area contributed by atoms with Gasteiger partial charge in [-0.25, -0.2) is 4.98 Å². The fraction of sp³-hybridized carbons (Fsp3) is 0.615. The first-order valence-corrected chi connectivity index (χ1v) is 6.41. The lowest BCUT2D eigenvalue weighted by atomic mass is 10.2. The van der Waals surface area contributed by atoms with Gasteiger partial charge in [0.05, 0.1) is 7.11 Å². The number of nitrogens with zero attached hydrogens (tertiary/aromatic N) is 2. The summed E-state index contributed by atoms with van der Waals surface area (Å²) in [6.45, 7) is 4.67. The van der Waals surface area contributed by atoms with Gasteiger partial charge in [-0.2, -0.15) is 4.98 Å². The van der Waals surface area contributed by atoms with E-state index in [0.29, 0.717) is 18.8 Å². The predicted octanol–water partition coefficient (Wildman–Crippen LogP) is 0.882. The van der Waals surface area contributed by atoms with Crippen molar-refractivity contribution in [2.24, 2.45) is 0 Å². The number of hydrogen-bond acceptors (Lipinski definition) is 6. The standard InChI is InChI=1S/C13H19N3O3/c1-8(2)12-14-5-4-11(16-12)19-9-6-10(15-7-9)13(17)18-3/h4-5,8-10,15H,6-7H2,1-3H3. The van der Waals surface area contributed by atoms with E-state index in [1.807, 2.05) is 13.8 Å². The van der Waals surface area contributed by atoms with E-state index in [4.69, 9.17) is 9.47 Å². The summed E-state index contributed by atoms with van der Waals surface area (Å²) in [7, 11) is 1.39. The molecule has 2 atom stereocenters. The number of hydrogen-bond donors (Lipinski definition) is 1. The Bertz CT molecular complexity index is 451. The van der Waals surface area contributed by atoms with Crippen LogP contribution in [0, 0.1) is 0 Å². The molecule has 0 aromatic carbocycles. The van der Waals surface area contributed by atoms with Crippen molar-refractivity contribution < 1.29 is 14.3 Å². The van der Waals surface area contributed by atoms with Crippen molar-refractivity contribution >= 4 is 5.97 Å². The maximum absolute atomic E-state index is 11.4. The van der Waals surface area contributed by atoms with Crippen molar-refractivity contribution in [3.8, 4) is 5.88 Å². The van der Waals surface area contributed by atoms with E-state index in [2.05, 4.69) is 15.3 Å². The Hall–Kier alpha value is -1.69. The van der Waals surface area contributed by atoms with Gasteiger partial charge in [0, 0.05) is 31.1 Å². The van der Waals surface area contributed by atoms with Crippen molar-refractivity contribution in [1.82, 2.24) is 15.3 Å². The summed E-state index contributed by atoms with van der Waals surface area (Å²) in [6.07, 6.45) is 2.21. The van der Waals surface area contributed by atoms with Gasteiger partial charge in [0.15, 0.2) is 0 Å². The molecule has 1 fully saturated rings. The van der Waals surface area contributed by atoms with Crippen molar-refractivity contribution in [2.45, 2.75) is 38.3 Å². The molecule has 1 aliphatic heterocycles. The minimum Gasteiger partial charge on any atom is -0.473 e. The number of carbonyl (C=O) groups excluding carboxylic acids is 1. The zero-order valence-electron chi connectivity index (χ0n) is 11.4. The summed E-state index contributed by atoms with van der Waals surface area (Å²) in [5.41, 5.74) is 0. The van der Waals surface area contributed by atoms with Gasteiger partial charge >= 0.3 is 5.97 Å². The molecule has 2 unspecified atom stereocenters. The first-order valence-electron chi connectivity index (χ1n) is 6.41. The Kier molecular flexibility index (Phi) is 4.31. The number of methoxy groups -OCH3 is 1. The molecule has 1 saturated heterocycles. The highest BCUT2D eigenvalue weighted by Crippen LogP contribution is 2.17. The third-order valence-electron chi connectivity index (χ3n) is 3.03. The summed E-state index contributed by atoms with van der Waals surface area (Å²) in [5, 5.41) is 3.07. The van der Waals surface area contributed by atoms with E-state index in [1.165, 1.54) is 7.11 Å². The van der Waals surface area contributed by atoms with Crippen LogP contribution in [0.5, 0.6) is 5.88 Å². The van der Waals surface area contributed by atoms with Gasteiger partial charge in [-0.15, -0.1) is 0 Å². The maximum Gasteiger partial charge on any atom is 0.323 e. The molecular weight excluding hydrogens is 246 g/mol. The van der Waals surface area contributed by atoms with E-state index < -0.39 is 0 Å². The molecule has 0 aliphatic carbocycles. The molecule has 0 bridgehead atoms. The van der Waals surface area contributed by atoms with E-state index in [9.17, 15) is 4.79 Å². The van der Waals surface area contributed by atoms with Gasteiger partial charge in [-0.05, 0) is 0 Å². The Balaban J connectivity index is 1.95.